The van der Waals surface area contributed by atoms with E-state index in [2.05, 4.69) is 76.2 Å². The van der Waals surface area contributed by atoms with Crippen molar-refractivity contribution in [2.75, 3.05) is 14.2 Å². The Morgan fingerprint density at radius 2 is 1.00 bits per heavy atom. The molecule has 4 aromatic rings. The van der Waals surface area contributed by atoms with Crippen LogP contribution in [0.3, 0.4) is 0 Å². The molecule has 0 spiro atoms. The normalized spacial score (nSPS) is 15.2. The minimum absolute atomic E-state index is 0.210. The molecule has 3 heterocycles. The Balaban J connectivity index is 1.89. The first-order valence-corrected chi connectivity index (χ1v) is 11.6. The number of fused-ring (bicyclic) bond motifs is 10. The number of ether oxygens (including phenoxy) is 2. The fourth-order valence-electron chi connectivity index (χ4n) is 4.62. The zero-order valence-electron chi connectivity index (χ0n) is 20.6. The van der Waals surface area contributed by atoms with E-state index in [4.69, 9.17) is 19.4 Å². The van der Waals surface area contributed by atoms with Crippen LogP contribution in [-0.4, -0.2) is 24.2 Å². The summed E-state index contributed by atoms with van der Waals surface area (Å²) in [5.41, 5.74) is 7.44. The number of nitrogens with zero attached hydrogens (tertiary/aromatic N) is 2. The third kappa shape index (κ3) is 3.63. The number of benzene rings is 2. The molecule has 0 atom stereocenters. The molecule has 4 nitrogen and oxygen atoms in total. The van der Waals surface area contributed by atoms with Gasteiger partial charge in [-0.15, -0.1) is 0 Å². The number of rotatable bonds is 2. The van der Waals surface area contributed by atoms with Gasteiger partial charge in [-0.2, -0.15) is 0 Å². The van der Waals surface area contributed by atoms with Gasteiger partial charge in [0, 0.05) is 46.2 Å². The summed E-state index contributed by atoms with van der Waals surface area (Å²) >= 11 is 0. The van der Waals surface area contributed by atoms with Crippen LogP contribution < -0.4 is 9.47 Å². The van der Waals surface area contributed by atoms with Crippen LogP contribution in [0.1, 0.15) is 50.2 Å². The van der Waals surface area contributed by atoms with Gasteiger partial charge in [0.05, 0.1) is 37.0 Å². The highest BCUT2D eigenvalue weighted by molar-refractivity contribution is 5.66. The van der Waals surface area contributed by atoms with E-state index >= 15 is 0 Å². The van der Waals surface area contributed by atoms with Crippen LogP contribution in [0.15, 0.2) is 72.8 Å². The van der Waals surface area contributed by atoms with Crippen molar-refractivity contribution in [1.82, 2.24) is 9.97 Å². The molecule has 0 aliphatic carbocycles. The van der Waals surface area contributed by atoms with Crippen LogP contribution in [0, 0.1) is 0 Å². The van der Waals surface area contributed by atoms with Gasteiger partial charge < -0.3 is 9.47 Å². The first-order chi connectivity index (χ1) is 16.2. The summed E-state index contributed by atoms with van der Waals surface area (Å²) in [5.74, 6) is 1.55. The Kier molecular flexibility index (Phi) is 5.20. The monoisotopic (exact) mass is 450 g/mol. The predicted octanol–water partition coefficient (Wildman–Crippen LogP) is 6.79. The highest BCUT2D eigenvalue weighted by Crippen LogP contribution is 2.39. The van der Waals surface area contributed by atoms with Crippen LogP contribution >= 0.6 is 0 Å². The van der Waals surface area contributed by atoms with Gasteiger partial charge >= 0.3 is 0 Å². The highest BCUT2D eigenvalue weighted by atomic mass is 16.5. The molecular formula is C30H30N2O2. The Bertz CT molecular complexity index is 1290. The van der Waals surface area contributed by atoms with E-state index in [0.29, 0.717) is 0 Å². The summed E-state index contributed by atoms with van der Waals surface area (Å²) in [5, 5.41) is 0. The summed E-state index contributed by atoms with van der Waals surface area (Å²) in [6.07, 6.45) is 0. The smallest absolute Gasteiger partial charge is 0.122 e. The maximum atomic E-state index is 5.69. The third-order valence-electron chi connectivity index (χ3n) is 7.11. The summed E-state index contributed by atoms with van der Waals surface area (Å²) in [4.78, 5) is 10.2. The molecule has 4 heteroatoms. The van der Waals surface area contributed by atoms with Gasteiger partial charge in [-0.1, -0.05) is 50.2 Å². The Hall–Kier alpha value is -3.66. The third-order valence-corrected chi connectivity index (χ3v) is 7.11. The number of pyridine rings is 2. The zero-order valence-corrected chi connectivity index (χ0v) is 20.6. The molecule has 172 valence electrons. The minimum atomic E-state index is -0.481. The molecule has 8 bridgehead atoms. The molecule has 1 aliphatic heterocycles. The van der Waals surface area contributed by atoms with Crippen LogP contribution in [0.25, 0.3) is 22.5 Å². The van der Waals surface area contributed by atoms with Gasteiger partial charge in [-0.25, -0.2) is 0 Å². The Morgan fingerprint density at radius 3 is 1.41 bits per heavy atom. The number of aromatic nitrogens is 2. The average Bonchev–Trinajstić information content (AvgIpc) is 2.87. The lowest BCUT2D eigenvalue weighted by molar-refractivity contribution is 0.409. The molecule has 2 aromatic carbocycles. The predicted molar refractivity (Wildman–Crippen MR) is 137 cm³/mol. The largest absolute Gasteiger partial charge is 0.497 e. The fraction of sp³-hybridized carbons (Fsp3) is 0.267. The van der Waals surface area contributed by atoms with E-state index in [1.807, 2.05) is 24.3 Å². The zero-order chi connectivity index (χ0) is 24.1. The number of hydrogen-bond donors (Lipinski definition) is 0. The topological polar surface area (TPSA) is 44.2 Å². The second-order valence-corrected chi connectivity index (χ2v) is 9.97. The highest BCUT2D eigenvalue weighted by Gasteiger charge is 2.30. The lowest BCUT2D eigenvalue weighted by atomic mass is 9.76. The van der Waals surface area contributed by atoms with Crippen molar-refractivity contribution in [3.63, 3.8) is 0 Å². The summed E-state index contributed by atoms with van der Waals surface area (Å²) < 4.78 is 11.4. The molecule has 0 saturated heterocycles. The molecular weight excluding hydrogens is 420 g/mol. The van der Waals surface area contributed by atoms with Gasteiger partial charge in [-0.05, 0) is 37.1 Å². The van der Waals surface area contributed by atoms with Crippen molar-refractivity contribution in [2.45, 2.75) is 38.5 Å². The second kappa shape index (κ2) is 7.98. The standard InChI is InChI=1S/C30H30N2O2/c1-29(2)21-11-7-9-19(13-21)25-15-23(33-5)17-27(31-25)30(3,4)28-18-24(34-6)16-26(32-28)20-10-8-12-22(29)14-20/h7-18H,1-6H3. The van der Waals surface area contributed by atoms with Gasteiger partial charge in [0.2, 0.25) is 0 Å². The Labute approximate surface area is 201 Å². The van der Waals surface area contributed by atoms with Gasteiger partial charge in [0.1, 0.15) is 11.5 Å². The molecule has 0 unspecified atom stereocenters. The Morgan fingerprint density at radius 1 is 0.559 bits per heavy atom. The van der Waals surface area contributed by atoms with Gasteiger partial charge in [-0.3, -0.25) is 9.97 Å². The lowest BCUT2D eigenvalue weighted by Gasteiger charge is -2.29. The average molecular weight is 451 g/mol. The maximum absolute atomic E-state index is 5.69. The van der Waals surface area contributed by atoms with Gasteiger partial charge in [0.15, 0.2) is 0 Å². The van der Waals surface area contributed by atoms with Crippen LogP contribution in [0.4, 0.5) is 0 Å². The molecule has 0 N–H and O–H groups in total. The van der Waals surface area contributed by atoms with E-state index in [-0.39, 0.29) is 5.41 Å². The minimum Gasteiger partial charge on any atom is -0.497 e. The first-order valence-electron chi connectivity index (χ1n) is 11.6. The SMILES string of the molecule is COc1cc2nc(c1)C(C)(C)c1cc(OC)cc(n1)-c1cccc(c1)C(C)(C)c1cccc-2c1. The molecule has 0 fully saturated rings. The second-order valence-electron chi connectivity index (χ2n) is 9.97. The molecule has 0 saturated carbocycles. The molecule has 5 rings (SSSR count). The first kappa shape index (κ1) is 22.1. The summed E-state index contributed by atoms with van der Waals surface area (Å²) in [6, 6.07) is 25.3. The fourth-order valence-corrected chi connectivity index (χ4v) is 4.62. The van der Waals surface area contributed by atoms with E-state index < -0.39 is 5.41 Å². The molecule has 2 aromatic heterocycles. The summed E-state index contributed by atoms with van der Waals surface area (Å²) in [6.45, 7) is 8.81. The maximum Gasteiger partial charge on any atom is 0.122 e. The van der Waals surface area contributed by atoms with E-state index in [0.717, 1.165) is 45.4 Å². The van der Waals surface area contributed by atoms with Crippen LogP contribution in [0.2, 0.25) is 0 Å². The molecule has 34 heavy (non-hydrogen) atoms. The van der Waals surface area contributed by atoms with E-state index in [1.165, 1.54) is 11.1 Å². The van der Waals surface area contributed by atoms with Crippen LogP contribution in [0.5, 0.6) is 11.5 Å². The van der Waals surface area contributed by atoms with Crippen molar-refractivity contribution in [3.8, 4) is 34.0 Å². The van der Waals surface area contributed by atoms with E-state index in [1.54, 1.807) is 14.2 Å². The van der Waals surface area contributed by atoms with Crippen molar-refractivity contribution < 1.29 is 9.47 Å². The molecule has 0 radical (unpaired) electrons. The molecule has 0 amide bonds. The van der Waals surface area contributed by atoms with Crippen LogP contribution in [-0.2, 0) is 10.8 Å². The number of methoxy groups -OCH3 is 2. The van der Waals surface area contributed by atoms with E-state index in [9.17, 15) is 0 Å². The van der Waals surface area contributed by atoms with Crippen molar-refractivity contribution in [1.29, 1.82) is 0 Å². The molecule has 1 aliphatic rings. The van der Waals surface area contributed by atoms with Crippen molar-refractivity contribution in [2.24, 2.45) is 0 Å². The lowest BCUT2D eigenvalue weighted by Crippen LogP contribution is -2.23. The quantitative estimate of drug-likeness (QED) is 0.337. The van der Waals surface area contributed by atoms with Crippen molar-refractivity contribution in [3.05, 3.63) is 95.3 Å². The number of hydrogen-bond acceptors (Lipinski definition) is 4. The summed E-state index contributed by atoms with van der Waals surface area (Å²) in [7, 11) is 3.39. The van der Waals surface area contributed by atoms with Crippen molar-refractivity contribution >= 4 is 0 Å². The van der Waals surface area contributed by atoms with Gasteiger partial charge in [0.25, 0.3) is 0 Å².